The van der Waals surface area contributed by atoms with Gasteiger partial charge in [0, 0.05) is 31.9 Å². The Balaban J connectivity index is 2.05. The fourth-order valence-electron chi connectivity index (χ4n) is 1.90. The zero-order valence-corrected chi connectivity index (χ0v) is 7.38. The van der Waals surface area contributed by atoms with Gasteiger partial charge in [-0.15, -0.1) is 0 Å². The van der Waals surface area contributed by atoms with Gasteiger partial charge in [-0.25, -0.2) is 0 Å². The molecule has 0 aromatic carbocycles. The monoisotopic (exact) mass is 152 g/mol. The Labute approximate surface area is 68.5 Å². The van der Waals surface area contributed by atoms with Crippen LogP contribution in [-0.4, -0.2) is 30.6 Å². The molecule has 11 heavy (non-hydrogen) atoms. The molecular weight excluding hydrogens is 136 g/mol. The average Bonchev–Trinajstić information content (AvgIpc) is 2.07. The maximum atomic E-state index is 2.36. The van der Waals surface area contributed by atoms with Crippen molar-refractivity contribution in [2.75, 3.05) is 20.8 Å². The molecule has 0 amide bonds. The van der Waals surface area contributed by atoms with Gasteiger partial charge in [-0.3, -0.25) is 0 Å². The molecule has 0 bridgehead atoms. The summed E-state index contributed by atoms with van der Waals surface area (Å²) in [5.74, 6) is 0.880. The molecule has 2 aliphatic rings. The van der Waals surface area contributed by atoms with E-state index in [1.54, 1.807) is 5.70 Å². The van der Waals surface area contributed by atoms with Crippen LogP contribution in [0.25, 0.3) is 0 Å². The molecule has 1 fully saturated rings. The van der Waals surface area contributed by atoms with Crippen molar-refractivity contribution in [3.05, 3.63) is 11.9 Å². The summed E-state index contributed by atoms with van der Waals surface area (Å²) in [6, 6.07) is 0. The first-order valence-electron chi connectivity index (χ1n) is 4.40. The number of allylic oxidation sites excluding steroid dienone is 1. The molecule has 0 radical (unpaired) electrons. The van der Waals surface area contributed by atoms with E-state index in [1.165, 1.54) is 19.3 Å². The van der Waals surface area contributed by atoms with E-state index in [0.29, 0.717) is 0 Å². The first-order chi connectivity index (χ1) is 5.27. The summed E-state index contributed by atoms with van der Waals surface area (Å²) < 4.78 is 0. The molecule has 0 saturated heterocycles. The van der Waals surface area contributed by atoms with Gasteiger partial charge in [-0.2, -0.15) is 0 Å². The van der Waals surface area contributed by atoms with Gasteiger partial charge in [0.05, 0.1) is 6.67 Å². The number of hydrogen-bond acceptors (Lipinski definition) is 2. The predicted octanol–water partition coefficient (Wildman–Crippen LogP) is 1.46. The standard InChI is InChI=1S/C9H16N2/c1-10-6-9(11(2)7-10)8-4-3-5-8/h6,8H,3-5,7H2,1-2H3. The van der Waals surface area contributed by atoms with Crippen LogP contribution in [0.2, 0.25) is 0 Å². The summed E-state index contributed by atoms with van der Waals surface area (Å²) in [5.41, 5.74) is 1.55. The summed E-state index contributed by atoms with van der Waals surface area (Å²) in [5, 5.41) is 0. The number of hydrogen-bond donors (Lipinski definition) is 0. The van der Waals surface area contributed by atoms with Gasteiger partial charge in [0.25, 0.3) is 0 Å². The molecule has 1 aliphatic carbocycles. The van der Waals surface area contributed by atoms with Crippen molar-refractivity contribution in [2.45, 2.75) is 19.3 Å². The fourth-order valence-corrected chi connectivity index (χ4v) is 1.90. The van der Waals surface area contributed by atoms with Crippen molar-refractivity contribution < 1.29 is 0 Å². The lowest BCUT2D eigenvalue weighted by Crippen LogP contribution is -2.26. The van der Waals surface area contributed by atoms with Crippen LogP contribution >= 0.6 is 0 Å². The van der Waals surface area contributed by atoms with E-state index in [9.17, 15) is 0 Å². The molecule has 2 heteroatoms. The Morgan fingerprint density at radius 3 is 2.45 bits per heavy atom. The highest BCUT2D eigenvalue weighted by Crippen LogP contribution is 2.36. The third-order valence-electron chi connectivity index (χ3n) is 2.75. The van der Waals surface area contributed by atoms with Crippen molar-refractivity contribution >= 4 is 0 Å². The summed E-state index contributed by atoms with van der Waals surface area (Å²) in [7, 11) is 4.33. The molecule has 1 aliphatic heterocycles. The van der Waals surface area contributed by atoms with Crippen molar-refractivity contribution in [2.24, 2.45) is 5.92 Å². The number of nitrogens with zero attached hydrogens (tertiary/aromatic N) is 2. The lowest BCUT2D eigenvalue weighted by molar-refractivity contribution is 0.263. The van der Waals surface area contributed by atoms with E-state index in [1.807, 2.05) is 0 Å². The Bertz CT molecular complexity index is 182. The minimum absolute atomic E-state index is 0.880. The van der Waals surface area contributed by atoms with Gasteiger partial charge < -0.3 is 9.80 Å². The van der Waals surface area contributed by atoms with Crippen LogP contribution in [0, 0.1) is 5.92 Å². The lowest BCUT2D eigenvalue weighted by atomic mass is 9.83. The quantitative estimate of drug-likeness (QED) is 0.561. The molecule has 0 unspecified atom stereocenters. The molecule has 0 atom stereocenters. The highest BCUT2D eigenvalue weighted by atomic mass is 15.3. The van der Waals surface area contributed by atoms with Gasteiger partial charge in [-0.05, 0) is 12.8 Å². The Morgan fingerprint density at radius 1 is 1.36 bits per heavy atom. The largest absolute Gasteiger partial charge is 0.361 e. The third kappa shape index (κ3) is 1.10. The normalized spacial score (nSPS) is 25.5. The average molecular weight is 152 g/mol. The second-order valence-electron chi connectivity index (χ2n) is 3.78. The minimum atomic E-state index is 0.880. The Hall–Kier alpha value is -0.660. The number of rotatable bonds is 1. The molecule has 0 aromatic heterocycles. The first kappa shape index (κ1) is 7.01. The van der Waals surface area contributed by atoms with Crippen LogP contribution in [0.3, 0.4) is 0 Å². The van der Waals surface area contributed by atoms with Crippen molar-refractivity contribution in [3.8, 4) is 0 Å². The van der Waals surface area contributed by atoms with Crippen molar-refractivity contribution in [1.82, 2.24) is 9.80 Å². The van der Waals surface area contributed by atoms with Crippen LogP contribution < -0.4 is 0 Å². The Morgan fingerprint density at radius 2 is 2.09 bits per heavy atom. The maximum absolute atomic E-state index is 2.36. The molecular formula is C9H16N2. The summed E-state index contributed by atoms with van der Waals surface area (Å²) >= 11 is 0. The fraction of sp³-hybridized carbons (Fsp3) is 0.778. The van der Waals surface area contributed by atoms with Gasteiger partial charge >= 0.3 is 0 Å². The van der Waals surface area contributed by atoms with Crippen molar-refractivity contribution in [1.29, 1.82) is 0 Å². The third-order valence-corrected chi connectivity index (χ3v) is 2.75. The summed E-state index contributed by atoms with van der Waals surface area (Å²) in [6.07, 6.45) is 6.54. The van der Waals surface area contributed by atoms with Gasteiger partial charge in [0.15, 0.2) is 0 Å². The molecule has 2 nitrogen and oxygen atoms in total. The smallest absolute Gasteiger partial charge is 0.0890 e. The zero-order valence-electron chi connectivity index (χ0n) is 7.38. The highest BCUT2D eigenvalue weighted by molar-refractivity contribution is 5.11. The van der Waals surface area contributed by atoms with Crippen LogP contribution in [0.5, 0.6) is 0 Å². The van der Waals surface area contributed by atoms with Crippen LogP contribution in [0.1, 0.15) is 19.3 Å². The van der Waals surface area contributed by atoms with E-state index in [-0.39, 0.29) is 0 Å². The topological polar surface area (TPSA) is 6.48 Å². The van der Waals surface area contributed by atoms with E-state index in [4.69, 9.17) is 0 Å². The molecule has 2 rings (SSSR count). The van der Waals surface area contributed by atoms with Gasteiger partial charge in [0.2, 0.25) is 0 Å². The molecule has 0 spiro atoms. The van der Waals surface area contributed by atoms with E-state index < -0.39 is 0 Å². The second kappa shape index (κ2) is 2.43. The second-order valence-corrected chi connectivity index (χ2v) is 3.78. The van der Waals surface area contributed by atoms with Crippen molar-refractivity contribution in [3.63, 3.8) is 0 Å². The maximum Gasteiger partial charge on any atom is 0.0890 e. The molecule has 62 valence electrons. The SMILES string of the molecule is CN1C=C(C2CCC2)N(C)C1. The van der Waals surface area contributed by atoms with E-state index >= 15 is 0 Å². The highest BCUT2D eigenvalue weighted by Gasteiger charge is 2.27. The summed E-state index contributed by atoms with van der Waals surface area (Å²) in [4.78, 5) is 4.62. The van der Waals surface area contributed by atoms with Gasteiger partial charge in [0.1, 0.15) is 0 Å². The summed E-state index contributed by atoms with van der Waals surface area (Å²) in [6.45, 7) is 1.08. The lowest BCUT2D eigenvalue weighted by Gasteiger charge is -2.30. The van der Waals surface area contributed by atoms with E-state index in [2.05, 4.69) is 30.1 Å². The van der Waals surface area contributed by atoms with Crippen LogP contribution in [0.4, 0.5) is 0 Å². The molecule has 1 saturated carbocycles. The predicted molar refractivity (Wildman–Crippen MR) is 45.8 cm³/mol. The molecule has 0 aromatic rings. The zero-order chi connectivity index (χ0) is 7.84. The molecule has 0 N–H and O–H groups in total. The first-order valence-corrected chi connectivity index (χ1v) is 4.40. The minimum Gasteiger partial charge on any atom is -0.361 e. The van der Waals surface area contributed by atoms with Gasteiger partial charge in [-0.1, -0.05) is 6.42 Å². The molecule has 1 heterocycles. The van der Waals surface area contributed by atoms with E-state index in [0.717, 1.165) is 12.6 Å². The van der Waals surface area contributed by atoms with Crippen LogP contribution in [-0.2, 0) is 0 Å². The van der Waals surface area contributed by atoms with Crippen LogP contribution in [0.15, 0.2) is 11.9 Å². The Kier molecular flexibility index (Phi) is 1.55.